The minimum atomic E-state index is -1.06. The highest BCUT2D eigenvalue weighted by molar-refractivity contribution is 9.10. The van der Waals surface area contributed by atoms with Crippen LogP contribution in [0, 0.1) is 0 Å². The first-order valence-electron chi connectivity index (χ1n) is 6.55. The average Bonchev–Trinajstić information content (AvgIpc) is 2.70. The van der Waals surface area contributed by atoms with Gasteiger partial charge in [0.05, 0.1) is 18.0 Å². The summed E-state index contributed by atoms with van der Waals surface area (Å²) >= 11 is 3.30. The van der Waals surface area contributed by atoms with Crippen LogP contribution in [0.2, 0.25) is 0 Å². The first kappa shape index (κ1) is 16.2. The van der Waals surface area contributed by atoms with Crippen LogP contribution in [0.25, 0.3) is 0 Å². The molecule has 116 valence electrons. The van der Waals surface area contributed by atoms with Crippen molar-refractivity contribution in [3.63, 3.8) is 0 Å². The molecule has 0 saturated carbocycles. The van der Waals surface area contributed by atoms with Gasteiger partial charge < -0.3 is 15.1 Å². The van der Waals surface area contributed by atoms with Crippen LogP contribution < -0.4 is 0 Å². The number of hydrogen-bond acceptors (Lipinski definition) is 4. The van der Waals surface area contributed by atoms with Crippen molar-refractivity contribution in [1.29, 1.82) is 0 Å². The number of aliphatic hydroxyl groups excluding tert-OH is 1. The van der Waals surface area contributed by atoms with Gasteiger partial charge in [-0.1, -0.05) is 28.1 Å². The molecule has 6 nitrogen and oxygen atoms in total. The van der Waals surface area contributed by atoms with Gasteiger partial charge in [0.2, 0.25) is 0 Å². The van der Waals surface area contributed by atoms with Gasteiger partial charge in [-0.2, -0.15) is 0 Å². The maximum atomic E-state index is 12.1. The molecular formula is C15H14BrNO5. The van der Waals surface area contributed by atoms with E-state index < -0.39 is 29.5 Å². The van der Waals surface area contributed by atoms with Crippen molar-refractivity contribution in [2.75, 3.05) is 6.54 Å². The second kappa shape index (κ2) is 6.31. The number of carbonyl (C=O) groups excluding carboxylic acids is 2. The minimum absolute atomic E-state index is 0.00212. The van der Waals surface area contributed by atoms with Crippen LogP contribution in [0.4, 0.5) is 0 Å². The number of amides is 1. The Kier molecular flexibility index (Phi) is 4.65. The third kappa shape index (κ3) is 3.04. The van der Waals surface area contributed by atoms with Crippen molar-refractivity contribution in [2.24, 2.45) is 0 Å². The van der Waals surface area contributed by atoms with Gasteiger partial charge in [0.25, 0.3) is 5.91 Å². The van der Waals surface area contributed by atoms with Crippen LogP contribution in [-0.4, -0.2) is 39.3 Å². The summed E-state index contributed by atoms with van der Waals surface area (Å²) in [6.45, 7) is 1.18. The van der Waals surface area contributed by atoms with Gasteiger partial charge in [0, 0.05) is 11.0 Å². The number of carboxylic acid groups (broad SMARTS) is 1. The normalized spacial score (nSPS) is 18.0. The molecule has 1 aliphatic heterocycles. The molecule has 0 bridgehead atoms. The number of carbonyl (C=O) groups is 3. The fraction of sp³-hybridized carbons (Fsp3) is 0.267. The van der Waals surface area contributed by atoms with Gasteiger partial charge in [-0.05, 0) is 24.6 Å². The zero-order valence-electron chi connectivity index (χ0n) is 11.7. The summed E-state index contributed by atoms with van der Waals surface area (Å²) < 4.78 is 0.829. The van der Waals surface area contributed by atoms with Crippen molar-refractivity contribution in [2.45, 2.75) is 19.4 Å². The van der Waals surface area contributed by atoms with E-state index in [0.29, 0.717) is 5.56 Å². The van der Waals surface area contributed by atoms with Gasteiger partial charge >= 0.3 is 5.97 Å². The molecule has 1 aromatic carbocycles. The molecule has 0 aliphatic carbocycles. The monoisotopic (exact) mass is 367 g/mol. The summed E-state index contributed by atoms with van der Waals surface area (Å²) in [5.74, 6) is -2.81. The van der Waals surface area contributed by atoms with Crippen molar-refractivity contribution < 1.29 is 24.6 Å². The Labute approximate surface area is 135 Å². The van der Waals surface area contributed by atoms with Crippen LogP contribution in [0.3, 0.4) is 0 Å². The Balaban J connectivity index is 2.45. The SMILES string of the molecule is CC(=O)C1=C(O)C(=O)N(CCC(=O)O)C1c1ccc(Br)cc1. The Morgan fingerprint density at radius 2 is 1.86 bits per heavy atom. The summed E-state index contributed by atoms with van der Waals surface area (Å²) in [6.07, 6.45) is -0.267. The van der Waals surface area contributed by atoms with Gasteiger partial charge in [-0.3, -0.25) is 14.4 Å². The number of carboxylic acids is 1. The summed E-state index contributed by atoms with van der Waals surface area (Å²) in [6, 6.07) is 6.18. The Bertz CT molecular complexity index is 665. The molecule has 1 atom stereocenters. The number of aliphatic hydroxyl groups is 1. The van der Waals surface area contributed by atoms with Crippen LogP contribution >= 0.6 is 15.9 Å². The first-order valence-corrected chi connectivity index (χ1v) is 7.34. The molecule has 0 aromatic heterocycles. The quantitative estimate of drug-likeness (QED) is 0.831. The van der Waals surface area contributed by atoms with Crippen LogP contribution in [0.15, 0.2) is 40.1 Å². The van der Waals surface area contributed by atoms with Crippen LogP contribution in [0.1, 0.15) is 24.9 Å². The summed E-state index contributed by atoms with van der Waals surface area (Å²) in [4.78, 5) is 35.9. The lowest BCUT2D eigenvalue weighted by molar-refractivity contribution is -0.138. The topological polar surface area (TPSA) is 94.9 Å². The molecule has 2 rings (SSSR count). The number of nitrogens with zero attached hydrogens (tertiary/aromatic N) is 1. The van der Waals surface area contributed by atoms with Crippen molar-refractivity contribution >= 4 is 33.6 Å². The second-order valence-electron chi connectivity index (χ2n) is 4.91. The molecule has 1 aliphatic rings. The lowest BCUT2D eigenvalue weighted by atomic mass is 9.97. The van der Waals surface area contributed by atoms with Crippen LogP contribution in [0.5, 0.6) is 0 Å². The maximum absolute atomic E-state index is 12.1. The molecule has 1 aromatic rings. The Hall–Kier alpha value is -2.15. The fourth-order valence-electron chi connectivity index (χ4n) is 2.45. The zero-order valence-corrected chi connectivity index (χ0v) is 13.3. The van der Waals surface area contributed by atoms with Gasteiger partial charge in [0.1, 0.15) is 0 Å². The third-order valence-corrected chi connectivity index (χ3v) is 3.96. The molecule has 0 fully saturated rings. The third-order valence-electron chi connectivity index (χ3n) is 3.44. The van der Waals surface area contributed by atoms with Crippen molar-refractivity contribution in [3.05, 3.63) is 45.6 Å². The van der Waals surface area contributed by atoms with E-state index in [4.69, 9.17) is 5.11 Å². The minimum Gasteiger partial charge on any atom is -0.503 e. The standard InChI is InChI=1S/C15H14BrNO5/c1-8(18)12-13(9-2-4-10(16)5-3-9)17(7-6-11(19)20)15(22)14(12)21/h2-5,13,21H,6-7H2,1H3,(H,19,20). The molecule has 1 amide bonds. The Morgan fingerprint density at radius 3 is 2.36 bits per heavy atom. The van der Waals surface area contributed by atoms with Gasteiger partial charge in [-0.25, -0.2) is 0 Å². The van der Waals surface area contributed by atoms with E-state index in [1.807, 2.05) is 0 Å². The highest BCUT2D eigenvalue weighted by atomic mass is 79.9. The van der Waals surface area contributed by atoms with E-state index in [1.165, 1.54) is 11.8 Å². The number of rotatable bonds is 5. The second-order valence-corrected chi connectivity index (χ2v) is 5.83. The van der Waals surface area contributed by atoms with E-state index in [9.17, 15) is 19.5 Å². The molecule has 2 N–H and O–H groups in total. The van der Waals surface area contributed by atoms with Gasteiger partial charge in [0.15, 0.2) is 11.5 Å². The summed E-state index contributed by atoms with van der Waals surface area (Å²) in [5.41, 5.74) is 0.633. The largest absolute Gasteiger partial charge is 0.503 e. The van der Waals surface area contributed by atoms with E-state index in [-0.39, 0.29) is 18.5 Å². The molecule has 0 radical (unpaired) electrons. The molecule has 7 heteroatoms. The van der Waals surface area contributed by atoms with E-state index in [1.54, 1.807) is 24.3 Å². The van der Waals surface area contributed by atoms with Crippen molar-refractivity contribution in [3.8, 4) is 0 Å². The molecular weight excluding hydrogens is 354 g/mol. The van der Waals surface area contributed by atoms with Crippen LogP contribution in [-0.2, 0) is 14.4 Å². The highest BCUT2D eigenvalue weighted by Gasteiger charge is 2.42. The summed E-state index contributed by atoms with van der Waals surface area (Å²) in [7, 11) is 0. The van der Waals surface area contributed by atoms with E-state index in [0.717, 1.165) is 4.47 Å². The smallest absolute Gasteiger partial charge is 0.305 e. The summed E-state index contributed by atoms with van der Waals surface area (Å²) in [5, 5.41) is 18.8. The average molecular weight is 368 g/mol. The van der Waals surface area contributed by atoms with Crippen molar-refractivity contribution in [1.82, 2.24) is 4.90 Å². The molecule has 1 unspecified atom stereocenters. The number of halogens is 1. The van der Waals surface area contributed by atoms with E-state index >= 15 is 0 Å². The number of Topliss-reactive ketones (excluding diaryl/α,β-unsaturated/α-hetero) is 1. The zero-order chi connectivity index (χ0) is 16.4. The maximum Gasteiger partial charge on any atom is 0.305 e. The number of aliphatic carboxylic acids is 1. The molecule has 22 heavy (non-hydrogen) atoms. The van der Waals surface area contributed by atoms with Gasteiger partial charge in [-0.15, -0.1) is 0 Å². The van der Waals surface area contributed by atoms with E-state index in [2.05, 4.69) is 15.9 Å². The predicted molar refractivity (Wildman–Crippen MR) is 81.2 cm³/mol. The first-order chi connectivity index (χ1) is 10.3. The number of hydrogen-bond donors (Lipinski definition) is 2. The Morgan fingerprint density at radius 1 is 1.27 bits per heavy atom. The highest BCUT2D eigenvalue weighted by Crippen LogP contribution is 2.37. The molecule has 1 heterocycles. The number of ketones is 1. The molecule has 0 spiro atoms. The lowest BCUT2D eigenvalue weighted by Gasteiger charge is -2.26. The lowest BCUT2D eigenvalue weighted by Crippen LogP contribution is -2.33. The predicted octanol–water partition coefficient (Wildman–Crippen LogP) is 2.21. The fourth-order valence-corrected chi connectivity index (χ4v) is 2.72. The number of benzene rings is 1. The molecule has 0 saturated heterocycles.